The van der Waals surface area contributed by atoms with E-state index in [4.69, 9.17) is 16.6 Å². The van der Waals surface area contributed by atoms with Gasteiger partial charge in [-0.3, -0.25) is 19.1 Å². The van der Waals surface area contributed by atoms with Gasteiger partial charge in [0.1, 0.15) is 0 Å². The second-order valence-electron chi connectivity index (χ2n) is 9.02. The number of rotatable bonds is 7. The Morgan fingerprint density at radius 3 is 2.69 bits per heavy atom. The van der Waals surface area contributed by atoms with Gasteiger partial charge in [0.25, 0.3) is 11.5 Å². The second kappa shape index (κ2) is 11.3. The smallest absolute Gasteiger partial charge is 0.262 e. The van der Waals surface area contributed by atoms with Crippen molar-refractivity contribution in [3.63, 3.8) is 0 Å². The van der Waals surface area contributed by atoms with Crippen LogP contribution in [0.3, 0.4) is 0 Å². The van der Waals surface area contributed by atoms with Crippen LogP contribution in [-0.2, 0) is 12.3 Å². The lowest BCUT2D eigenvalue weighted by Gasteiger charge is -2.26. The lowest BCUT2D eigenvalue weighted by Crippen LogP contribution is -2.29. The average molecular weight is 519 g/mol. The van der Waals surface area contributed by atoms with E-state index in [1.165, 1.54) is 18.2 Å². The molecule has 8 heteroatoms. The van der Waals surface area contributed by atoms with Gasteiger partial charge in [-0.1, -0.05) is 60.8 Å². The van der Waals surface area contributed by atoms with E-state index < -0.39 is 0 Å². The first-order chi connectivity index (χ1) is 17.6. The molecule has 0 atom stereocenters. The van der Waals surface area contributed by atoms with Gasteiger partial charge in [0.05, 0.1) is 16.6 Å². The molecule has 1 fully saturated rings. The highest BCUT2D eigenvalue weighted by Crippen LogP contribution is 2.32. The molecule has 1 aliphatic carbocycles. The number of hydrogen-bond acceptors (Lipinski definition) is 5. The first kappa shape index (κ1) is 24.5. The van der Waals surface area contributed by atoms with Crippen molar-refractivity contribution in [2.24, 2.45) is 0 Å². The quantitative estimate of drug-likeness (QED) is 0.234. The van der Waals surface area contributed by atoms with Gasteiger partial charge in [0.15, 0.2) is 5.16 Å². The minimum Gasteiger partial charge on any atom is -0.348 e. The average Bonchev–Trinajstić information content (AvgIpc) is 2.91. The number of hydrogen-bond donors (Lipinski definition) is 1. The van der Waals surface area contributed by atoms with Crippen LogP contribution < -0.4 is 10.9 Å². The Bertz CT molecular complexity index is 1430. The summed E-state index contributed by atoms with van der Waals surface area (Å²) < 4.78 is 1.88. The van der Waals surface area contributed by atoms with E-state index in [1.54, 1.807) is 30.5 Å². The predicted octanol–water partition coefficient (Wildman–Crippen LogP) is 6.17. The summed E-state index contributed by atoms with van der Waals surface area (Å²) in [5.74, 6) is 0.392. The fourth-order valence-corrected chi connectivity index (χ4v) is 5.83. The molecule has 2 heterocycles. The number of nitrogens with one attached hydrogen (secondary N) is 1. The number of benzene rings is 2. The minimum atomic E-state index is -0.224. The van der Waals surface area contributed by atoms with Crippen LogP contribution in [-0.4, -0.2) is 20.4 Å². The zero-order chi connectivity index (χ0) is 24.9. The van der Waals surface area contributed by atoms with Gasteiger partial charge in [-0.2, -0.15) is 0 Å². The van der Waals surface area contributed by atoms with Gasteiger partial charge < -0.3 is 5.32 Å². The van der Waals surface area contributed by atoms with Crippen molar-refractivity contribution in [2.75, 3.05) is 0 Å². The van der Waals surface area contributed by atoms with Gasteiger partial charge in [-0.15, -0.1) is 0 Å². The van der Waals surface area contributed by atoms with E-state index in [2.05, 4.69) is 10.3 Å². The van der Waals surface area contributed by atoms with Crippen LogP contribution in [0.1, 0.15) is 59.8 Å². The van der Waals surface area contributed by atoms with Crippen LogP contribution in [0.4, 0.5) is 0 Å². The van der Waals surface area contributed by atoms with Crippen molar-refractivity contribution in [1.82, 2.24) is 19.9 Å². The van der Waals surface area contributed by atoms with Gasteiger partial charge >= 0.3 is 0 Å². The summed E-state index contributed by atoms with van der Waals surface area (Å²) in [6.07, 6.45) is 7.17. The third kappa shape index (κ3) is 5.63. The summed E-state index contributed by atoms with van der Waals surface area (Å²) in [7, 11) is 0. The van der Waals surface area contributed by atoms with E-state index in [-0.39, 0.29) is 17.5 Å². The summed E-state index contributed by atoms with van der Waals surface area (Å²) in [4.78, 5) is 35.8. The van der Waals surface area contributed by atoms with E-state index in [9.17, 15) is 9.59 Å². The summed E-state index contributed by atoms with van der Waals surface area (Å²) in [6, 6.07) is 18.5. The zero-order valence-corrected chi connectivity index (χ0v) is 21.4. The molecular formula is C28H27ClN4O2S. The van der Waals surface area contributed by atoms with Crippen LogP contribution in [0.5, 0.6) is 0 Å². The summed E-state index contributed by atoms with van der Waals surface area (Å²) >= 11 is 7.57. The second-order valence-corrected chi connectivity index (χ2v) is 10.4. The van der Waals surface area contributed by atoms with E-state index in [0.717, 1.165) is 36.9 Å². The molecule has 36 heavy (non-hydrogen) atoms. The van der Waals surface area contributed by atoms with Crippen molar-refractivity contribution >= 4 is 40.2 Å². The third-order valence-corrected chi connectivity index (χ3v) is 7.71. The van der Waals surface area contributed by atoms with Crippen LogP contribution in [0.15, 0.2) is 76.8 Å². The highest BCUT2D eigenvalue weighted by molar-refractivity contribution is 7.98. The molecule has 6 nitrogen and oxygen atoms in total. The van der Waals surface area contributed by atoms with E-state index in [1.807, 2.05) is 41.0 Å². The Morgan fingerprint density at radius 2 is 1.92 bits per heavy atom. The predicted molar refractivity (Wildman–Crippen MR) is 145 cm³/mol. The highest BCUT2D eigenvalue weighted by atomic mass is 35.5. The molecule has 1 saturated carbocycles. The number of carbonyl (C=O) groups excluding carboxylic acids is 1. The number of fused-ring (bicyclic) bond motifs is 1. The first-order valence-corrected chi connectivity index (χ1v) is 13.6. The Labute approximate surface area is 219 Å². The Morgan fingerprint density at radius 1 is 1.06 bits per heavy atom. The van der Waals surface area contributed by atoms with Crippen LogP contribution >= 0.6 is 23.4 Å². The fraction of sp³-hybridized carbons (Fsp3) is 0.286. The van der Waals surface area contributed by atoms with E-state index >= 15 is 0 Å². The number of carbonyl (C=O) groups is 1. The normalized spacial score (nSPS) is 14.1. The lowest BCUT2D eigenvalue weighted by atomic mass is 9.95. The van der Waals surface area contributed by atoms with Crippen LogP contribution in [0.2, 0.25) is 5.02 Å². The molecule has 5 rings (SSSR count). The van der Waals surface area contributed by atoms with Crippen LogP contribution in [0.25, 0.3) is 10.9 Å². The molecular weight excluding hydrogens is 492 g/mol. The molecule has 0 radical (unpaired) electrons. The molecule has 184 valence electrons. The van der Waals surface area contributed by atoms with Crippen LogP contribution in [0, 0.1) is 0 Å². The maximum absolute atomic E-state index is 13.7. The van der Waals surface area contributed by atoms with Crippen molar-refractivity contribution in [2.45, 2.75) is 55.6 Å². The first-order valence-electron chi connectivity index (χ1n) is 12.2. The molecule has 0 unspecified atom stereocenters. The van der Waals surface area contributed by atoms with Gasteiger partial charge in [0, 0.05) is 35.1 Å². The monoisotopic (exact) mass is 518 g/mol. The molecule has 1 aliphatic rings. The van der Waals surface area contributed by atoms with Crippen molar-refractivity contribution in [3.8, 4) is 0 Å². The van der Waals surface area contributed by atoms with Crippen molar-refractivity contribution in [3.05, 3.63) is 99.1 Å². The topological polar surface area (TPSA) is 76.9 Å². The maximum atomic E-state index is 13.7. The summed E-state index contributed by atoms with van der Waals surface area (Å²) in [6.45, 7) is 0.360. The largest absolute Gasteiger partial charge is 0.348 e. The molecule has 2 aromatic heterocycles. The number of halogens is 1. The molecule has 0 bridgehead atoms. The Balaban J connectivity index is 1.45. The summed E-state index contributed by atoms with van der Waals surface area (Å²) in [5.41, 5.74) is 2.80. The Hall–Kier alpha value is -3.16. The third-order valence-electron chi connectivity index (χ3n) is 6.49. The molecule has 1 amide bonds. The molecule has 0 aliphatic heterocycles. The molecule has 2 aromatic carbocycles. The molecule has 1 N–H and O–H groups in total. The minimum absolute atomic E-state index is 0.0405. The number of aromatic nitrogens is 3. The summed E-state index contributed by atoms with van der Waals surface area (Å²) in [5, 5.41) is 4.77. The lowest BCUT2D eigenvalue weighted by molar-refractivity contribution is 0.0951. The highest BCUT2D eigenvalue weighted by Gasteiger charge is 2.22. The Kier molecular flexibility index (Phi) is 7.68. The SMILES string of the molecule is O=C(NCc1cccc(Cl)c1)c1ccc2c(=O)n(C3CCCCC3)c(SCc3ccccn3)nc2c1. The number of thioether (sulfide) groups is 1. The van der Waals surface area contributed by atoms with Gasteiger partial charge in [-0.05, 0) is 60.9 Å². The molecule has 4 aromatic rings. The van der Waals surface area contributed by atoms with Crippen molar-refractivity contribution < 1.29 is 4.79 Å². The number of pyridine rings is 1. The van der Waals surface area contributed by atoms with E-state index in [0.29, 0.717) is 38.9 Å². The molecule has 0 spiro atoms. The molecule has 0 saturated heterocycles. The fourth-order valence-electron chi connectivity index (χ4n) is 4.64. The number of nitrogens with zero attached hydrogens (tertiary/aromatic N) is 3. The van der Waals surface area contributed by atoms with Gasteiger partial charge in [-0.25, -0.2) is 4.98 Å². The van der Waals surface area contributed by atoms with Gasteiger partial charge in [0.2, 0.25) is 0 Å². The maximum Gasteiger partial charge on any atom is 0.262 e. The van der Waals surface area contributed by atoms with Crippen molar-refractivity contribution in [1.29, 1.82) is 0 Å². The number of amides is 1. The zero-order valence-electron chi connectivity index (χ0n) is 19.8. The standard InChI is InChI=1S/C28H27ClN4O2S/c29-21-8-6-7-19(15-21)17-31-26(34)20-12-13-24-25(16-20)32-28(36-18-22-9-4-5-14-30-22)33(27(24)35)23-10-2-1-3-11-23/h4-9,12-16,23H,1-3,10-11,17-18H2,(H,31,34).